The SMILES string of the molecule is CC(C)(C)OC(=O)C1CCN(c2ccc(-c3ccc(OCc4ccccc4)nc3OCc3ccccc3)cc2F)CC1. The predicted molar refractivity (Wildman–Crippen MR) is 162 cm³/mol. The van der Waals surface area contributed by atoms with E-state index in [0.717, 1.165) is 11.1 Å². The summed E-state index contributed by atoms with van der Waals surface area (Å²) in [6.07, 6.45) is 1.25. The molecule has 218 valence electrons. The number of hydrogen-bond acceptors (Lipinski definition) is 6. The third-order valence-corrected chi connectivity index (χ3v) is 7.12. The van der Waals surface area contributed by atoms with Crippen LogP contribution in [0.3, 0.4) is 0 Å². The number of benzene rings is 3. The van der Waals surface area contributed by atoms with Gasteiger partial charge in [0.2, 0.25) is 11.8 Å². The fourth-order valence-corrected chi connectivity index (χ4v) is 4.96. The molecule has 1 aromatic heterocycles. The summed E-state index contributed by atoms with van der Waals surface area (Å²) >= 11 is 0. The number of ether oxygens (including phenoxy) is 3. The van der Waals surface area contributed by atoms with Gasteiger partial charge in [-0.15, -0.1) is 0 Å². The molecule has 0 saturated carbocycles. The van der Waals surface area contributed by atoms with Gasteiger partial charge in [-0.1, -0.05) is 66.7 Å². The smallest absolute Gasteiger partial charge is 0.309 e. The molecule has 4 aromatic rings. The van der Waals surface area contributed by atoms with Crippen LogP contribution in [0.15, 0.2) is 91.0 Å². The normalized spacial score (nSPS) is 14.0. The molecule has 1 aliphatic rings. The lowest BCUT2D eigenvalue weighted by atomic mass is 9.96. The number of aromatic nitrogens is 1. The van der Waals surface area contributed by atoms with E-state index >= 15 is 4.39 Å². The fourth-order valence-electron chi connectivity index (χ4n) is 4.96. The van der Waals surface area contributed by atoms with E-state index in [1.807, 2.05) is 98.5 Å². The number of halogens is 1. The van der Waals surface area contributed by atoms with Gasteiger partial charge in [-0.2, -0.15) is 4.98 Å². The minimum Gasteiger partial charge on any atom is -0.473 e. The fraction of sp³-hybridized carbons (Fsp3) is 0.314. The molecule has 1 fully saturated rings. The van der Waals surface area contributed by atoms with Crippen LogP contribution in [0.1, 0.15) is 44.7 Å². The van der Waals surface area contributed by atoms with Crippen molar-refractivity contribution < 1.29 is 23.4 Å². The largest absolute Gasteiger partial charge is 0.473 e. The van der Waals surface area contributed by atoms with Gasteiger partial charge in [0.15, 0.2) is 0 Å². The summed E-state index contributed by atoms with van der Waals surface area (Å²) in [7, 11) is 0. The van der Waals surface area contributed by atoms with Crippen molar-refractivity contribution in [1.82, 2.24) is 4.98 Å². The highest BCUT2D eigenvalue weighted by Crippen LogP contribution is 2.35. The number of pyridine rings is 1. The Morgan fingerprint density at radius 2 is 1.48 bits per heavy atom. The van der Waals surface area contributed by atoms with Gasteiger partial charge < -0.3 is 19.1 Å². The molecule has 1 aliphatic heterocycles. The number of anilines is 1. The molecule has 0 aliphatic carbocycles. The monoisotopic (exact) mass is 568 g/mol. The average molecular weight is 569 g/mol. The highest BCUT2D eigenvalue weighted by Gasteiger charge is 2.30. The second kappa shape index (κ2) is 13.1. The molecule has 3 aromatic carbocycles. The van der Waals surface area contributed by atoms with Gasteiger partial charge in [-0.3, -0.25) is 4.79 Å². The Labute approximate surface area is 247 Å². The summed E-state index contributed by atoms with van der Waals surface area (Å²) in [5.74, 6) is 0.123. The number of nitrogens with zero attached hydrogens (tertiary/aromatic N) is 2. The molecular formula is C35H37FN2O4. The molecule has 0 spiro atoms. The standard InChI is InChI=1S/C35H37FN2O4/c1-35(2,3)42-34(39)27-18-20-38(21-19-27)31-16-14-28(22-30(31)36)29-15-17-32(40-23-25-10-6-4-7-11-25)37-33(29)41-24-26-12-8-5-9-13-26/h4-17,22,27H,18-21,23-24H2,1-3H3. The Hall–Kier alpha value is -4.39. The Kier molecular flexibility index (Phi) is 9.06. The van der Waals surface area contributed by atoms with Crippen LogP contribution in [0.2, 0.25) is 0 Å². The van der Waals surface area contributed by atoms with Crippen LogP contribution in [0.25, 0.3) is 11.1 Å². The molecule has 0 bridgehead atoms. The first-order chi connectivity index (χ1) is 20.2. The van der Waals surface area contributed by atoms with Crippen LogP contribution < -0.4 is 14.4 Å². The van der Waals surface area contributed by atoms with E-state index in [9.17, 15) is 4.79 Å². The quantitative estimate of drug-likeness (QED) is 0.194. The predicted octanol–water partition coefficient (Wildman–Crippen LogP) is 7.60. The first-order valence-electron chi connectivity index (χ1n) is 14.4. The Bertz CT molecular complexity index is 1480. The van der Waals surface area contributed by atoms with Crippen LogP contribution in [-0.2, 0) is 22.7 Å². The van der Waals surface area contributed by atoms with Crippen LogP contribution in [-0.4, -0.2) is 29.6 Å². The van der Waals surface area contributed by atoms with E-state index < -0.39 is 5.60 Å². The van der Waals surface area contributed by atoms with Crippen molar-refractivity contribution in [2.24, 2.45) is 5.92 Å². The highest BCUT2D eigenvalue weighted by atomic mass is 19.1. The average Bonchev–Trinajstić information content (AvgIpc) is 2.99. The van der Waals surface area contributed by atoms with E-state index in [1.165, 1.54) is 6.07 Å². The van der Waals surface area contributed by atoms with Gasteiger partial charge in [0.25, 0.3) is 0 Å². The summed E-state index contributed by atoms with van der Waals surface area (Å²) in [6, 6.07) is 28.5. The lowest BCUT2D eigenvalue weighted by Gasteiger charge is -2.34. The molecule has 7 heteroatoms. The number of piperidine rings is 1. The molecule has 0 atom stereocenters. The molecular weight excluding hydrogens is 531 g/mol. The summed E-state index contributed by atoms with van der Waals surface area (Å²) in [5.41, 5.74) is 3.36. The van der Waals surface area contributed by atoms with Crippen molar-refractivity contribution >= 4 is 11.7 Å². The molecule has 5 rings (SSSR count). The maximum atomic E-state index is 15.5. The van der Waals surface area contributed by atoms with E-state index in [4.69, 9.17) is 14.2 Å². The maximum absolute atomic E-state index is 15.5. The molecule has 1 saturated heterocycles. The number of rotatable bonds is 9. The summed E-state index contributed by atoms with van der Waals surface area (Å²) in [5, 5.41) is 0. The van der Waals surface area contributed by atoms with Gasteiger partial charge in [-0.05, 0) is 68.5 Å². The maximum Gasteiger partial charge on any atom is 0.309 e. The summed E-state index contributed by atoms with van der Waals surface area (Å²) < 4.78 is 33.2. The Morgan fingerprint density at radius 1 is 0.857 bits per heavy atom. The lowest BCUT2D eigenvalue weighted by Crippen LogP contribution is -2.39. The highest BCUT2D eigenvalue weighted by molar-refractivity contribution is 5.74. The number of esters is 1. The molecule has 42 heavy (non-hydrogen) atoms. The first-order valence-corrected chi connectivity index (χ1v) is 14.4. The van der Waals surface area contributed by atoms with Crippen molar-refractivity contribution in [1.29, 1.82) is 0 Å². The molecule has 0 unspecified atom stereocenters. The van der Waals surface area contributed by atoms with Crippen LogP contribution in [0.4, 0.5) is 10.1 Å². The zero-order valence-electron chi connectivity index (χ0n) is 24.4. The molecule has 2 heterocycles. The molecule has 0 radical (unpaired) electrons. The van der Waals surface area contributed by atoms with E-state index in [0.29, 0.717) is 67.7 Å². The van der Waals surface area contributed by atoms with E-state index in [-0.39, 0.29) is 17.7 Å². The first kappa shape index (κ1) is 29.1. The van der Waals surface area contributed by atoms with Crippen LogP contribution >= 0.6 is 0 Å². The van der Waals surface area contributed by atoms with Crippen LogP contribution in [0, 0.1) is 11.7 Å². The number of carbonyl (C=O) groups is 1. The minimum absolute atomic E-state index is 0.166. The zero-order chi connectivity index (χ0) is 29.5. The van der Waals surface area contributed by atoms with Gasteiger partial charge in [0, 0.05) is 24.7 Å². The minimum atomic E-state index is -0.513. The third-order valence-electron chi connectivity index (χ3n) is 7.12. The topological polar surface area (TPSA) is 60.9 Å². The van der Waals surface area contributed by atoms with Gasteiger partial charge in [-0.25, -0.2) is 4.39 Å². The third kappa shape index (κ3) is 7.66. The van der Waals surface area contributed by atoms with Gasteiger partial charge >= 0.3 is 5.97 Å². The molecule has 6 nitrogen and oxygen atoms in total. The molecule has 0 amide bonds. The van der Waals surface area contributed by atoms with E-state index in [2.05, 4.69) is 4.98 Å². The van der Waals surface area contributed by atoms with Crippen molar-refractivity contribution in [3.05, 3.63) is 108 Å². The van der Waals surface area contributed by atoms with Crippen LogP contribution in [0.5, 0.6) is 11.8 Å². The van der Waals surface area contributed by atoms with Crippen molar-refractivity contribution in [2.75, 3.05) is 18.0 Å². The van der Waals surface area contributed by atoms with E-state index in [1.54, 1.807) is 12.1 Å². The van der Waals surface area contributed by atoms with Crippen molar-refractivity contribution in [3.8, 4) is 22.9 Å². The number of carbonyl (C=O) groups excluding carboxylic acids is 1. The van der Waals surface area contributed by atoms with Crippen molar-refractivity contribution in [3.63, 3.8) is 0 Å². The Morgan fingerprint density at radius 3 is 2.07 bits per heavy atom. The zero-order valence-corrected chi connectivity index (χ0v) is 24.4. The van der Waals surface area contributed by atoms with Gasteiger partial charge in [0.05, 0.1) is 11.6 Å². The number of hydrogen-bond donors (Lipinski definition) is 0. The Balaban J connectivity index is 1.32. The van der Waals surface area contributed by atoms with Gasteiger partial charge in [0.1, 0.15) is 24.6 Å². The lowest BCUT2D eigenvalue weighted by molar-refractivity contribution is -0.160. The summed E-state index contributed by atoms with van der Waals surface area (Å²) in [4.78, 5) is 19.1. The summed E-state index contributed by atoms with van der Waals surface area (Å²) in [6.45, 7) is 7.47. The second-order valence-electron chi connectivity index (χ2n) is 11.5. The molecule has 0 N–H and O–H groups in total. The van der Waals surface area contributed by atoms with Crippen molar-refractivity contribution in [2.45, 2.75) is 52.4 Å². The second-order valence-corrected chi connectivity index (χ2v) is 11.5.